The van der Waals surface area contributed by atoms with E-state index < -0.39 is 20.1 Å². The first kappa shape index (κ1) is 58.3. The maximum absolute atomic E-state index is 11.5. The minimum atomic E-state index is -0.444. The molecule has 0 fully saturated rings. The zero-order chi connectivity index (χ0) is 43.8. The molecule has 0 aliphatic carbocycles. The van der Waals surface area contributed by atoms with Gasteiger partial charge in [-0.3, -0.25) is 19.2 Å². The third-order valence-corrected chi connectivity index (χ3v) is 9.02. The Bertz CT molecular complexity index is 962. The van der Waals surface area contributed by atoms with Gasteiger partial charge < -0.3 is 48.5 Å². The van der Waals surface area contributed by atoms with Gasteiger partial charge in [0.1, 0.15) is 39.5 Å². The summed E-state index contributed by atoms with van der Waals surface area (Å²) in [6.07, 6.45) is 3.10. The van der Waals surface area contributed by atoms with Gasteiger partial charge in [0.25, 0.3) is 0 Å². The van der Waals surface area contributed by atoms with E-state index in [0.717, 1.165) is 38.8 Å². The molecule has 0 N–H and O–H groups in total. The van der Waals surface area contributed by atoms with Crippen LogP contribution in [0.3, 0.4) is 0 Å². The fraction of sp³-hybridized carbons (Fsp3) is 0.900. The summed E-state index contributed by atoms with van der Waals surface area (Å²) in [5.74, 6) is -0.657. The van der Waals surface area contributed by atoms with Crippen LogP contribution in [0.1, 0.15) is 109 Å². The van der Waals surface area contributed by atoms with Crippen molar-refractivity contribution in [1.29, 1.82) is 0 Å². The third kappa shape index (κ3) is 33.0. The number of nitrogens with zero attached hydrogens (tertiary/aromatic N) is 4. The highest BCUT2D eigenvalue weighted by atomic mass is 16.6. The minimum Gasteiger partial charge on any atom is -0.633 e. The van der Waals surface area contributed by atoms with Gasteiger partial charge in [-0.25, -0.2) is 0 Å². The van der Waals surface area contributed by atoms with Crippen LogP contribution in [-0.2, 0) is 38.1 Å². The van der Waals surface area contributed by atoms with E-state index >= 15 is 0 Å². The highest BCUT2D eigenvalue weighted by Gasteiger charge is 2.29. The Labute approximate surface area is 330 Å². The summed E-state index contributed by atoms with van der Waals surface area (Å²) in [6.45, 7) is 26.4. The van der Waals surface area contributed by atoms with Gasteiger partial charge in [0, 0.05) is 13.1 Å². The molecule has 0 atom stereocenters. The zero-order valence-corrected chi connectivity index (χ0v) is 38.4. The molecule has 0 bridgehead atoms. The molecule has 0 saturated carbocycles. The average Bonchev–Trinajstić information content (AvgIpc) is 3.03. The SMILES string of the molecule is CCC(C)(C)C(=O)OCCN(C)C.CCC(C)(C)C(=O)OCCN(C)C.CCC(C)(C)C(=O)OCC[N+](C)(C)[O-].CCC(C)(C)C(=O)OCC[N+](C)(C)[O-]. The molecule has 0 unspecified atom stereocenters. The summed E-state index contributed by atoms with van der Waals surface area (Å²) in [5.41, 5.74) is -1.57. The smallest absolute Gasteiger partial charge is 0.311 e. The van der Waals surface area contributed by atoms with Crippen LogP contribution < -0.4 is 0 Å². The maximum atomic E-state index is 11.5. The van der Waals surface area contributed by atoms with Crippen molar-refractivity contribution in [2.45, 2.75) is 109 Å². The van der Waals surface area contributed by atoms with Gasteiger partial charge >= 0.3 is 23.9 Å². The van der Waals surface area contributed by atoms with Crippen LogP contribution in [0.2, 0.25) is 0 Å². The number of hydroxylamine groups is 6. The lowest BCUT2D eigenvalue weighted by molar-refractivity contribution is -0.840. The molecule has 0 radical (unpaired) electrons. The first-order chi connectivity index (χ1) is 24.2. The van der Waals surface area contributed by atoms with Crippen molar-refractivity contribution >= 4 is 23.9 Å². The molecule has 0 rings (SSSR count). The van der Waals surface area contributed by atoms with Crippen molar-refractivity contribution in [3.8, 4) is 0 Å². The molecule has 0 aromatic rings. The summed E-state index contributed by atoms with van der Waals surface area (Å²) in [7, 11) is 13.9. The van der Waals surface area contributed by atoms with E-state index in [1.54, 1.807) is 0 Å². The Kier molecular flexibility index (Phi) is 29.5. The van der Waals surface area contributed by atoms with Crippen molar-refractivity contribution in [3.63, 3.8) is 0 Å². The van der Waals surface area contributed by atoms with E-state index in [2.05, 4.69) is 0 Å². The van der Waals surface area contributed by atoms with Gasteiger partial charge in [0.05, 0.1) is 49.9 Å². The van der Waals surface area contributed by atoms with Crippen LogP contribution in [0.15, 0.2) is 0 Å². The summed E-state index contributed by atoms with van der Waals surface area (Å²) in [5, 5.41) is 22.3. The summed E-state index contributed by atoms with van der Waals surface area (Å²) in [6, 6.07) is 0. The molecule has 0 amide bonds. The molecule has 0 saturated heterocycles. The Morgan fingerprint density at radius 3 is 0.778 bits per heavy atom. The van der Waals surface area contributed by atoms with Crippen molar-refractivity contribution < 1.29 is 47.4 Å². The van der Waals surface area contributed by atoms with Crippen molar-refractivity contribution in [3.05, 3.63) is 10.4 Å². The number of likely N-dealkylation sites (N-methyl/N-ethyl adjacent to an activating group) is 4. The monoisotopic (exact) mass is 781 g/mol. The van der Waals surface area contributed by atoms with Crippen LogP contribution >= 0.6 is 0 Å². The second-order valence-corrected chi connectivity index (χ2v) is 17.7. The summed E-state index contributed by atoms with van der Waals surface area (Å²) in [4.78, 5) is 49.8. The molecule has 14 heteroatoms. The lowest BCUT2D eigenvalue weighted by Gasteiger charge is -2.33. The van der Waals surface area contributed by atoms with Gasteiger partial charge in [-0.05, 0) is 109 Å². The number of carbonyl (C=O) groups excluding carboxylic acids is 4. The van der Waals surface area contributed by atoms with E-state index in [-0.39, 0.29) is 47.9 Å². The fourth-order valence-electron chi connectivity index (χ4n) is 2.72. The van der Waals surface area contributed by atoms with Gasteiger partial charge in [-0.15, -0.1) is 0 Å². The third-order valence-electron chi connectivity index (χ3n) is 9.02. The zero-order valence-electron chi connectivity index (χ0n) is 38.4. The van der Waals surface area contributed by atoms with E-state index in [1.165, 1.54) is 28.2 Å². The van der Waals surface area contributed by atoms with Crippen molar-refractivity contribution in [1.82, 2.24) is 9.80 Å². The van der Waals surface area contributed by atoms with Crippen LogP contribution in [0, 0.1) is 32.1 Å². The average molecular weight is 781 g/mol. The fourth-order valence-corrected chi connectivity index (χ4v) is 2.72. The maximum Gasteiger partial charge on any atom is 0.311 e. The van der Waals surface area contributed by atoms with E-state index in [9.17, 15) is 29.6 Å². The number of hydrogen-bond donors (Lipinski definition) is 0. The summed E-state index contributed by atoms with van der Waals surface area (Å²) < 4.78 is 19.4. The van der Waals surface area contributed by atoms with E-state index in [1.807, 2.05) is 121 Å². The quantitative estimate of drug-likeness (QED) is 0.0603. The Morgan fingerprint density at radius 2 is 0.630 bits per heavy atom. The molecule has 0 heterocycles. The van der Waals surface area contributed by atoms with Crippen LogP contribution in [0.25, 0.3) is 0 Å². The molecule has 0 aliphatic rings. The van der Waals surface area contributed by atoms with Crippen LogP contribution in [-0.4, -0.2) is 152 Å². The number of quaternary nitrogens is 2. The highest BCUT2D eigenvalue weighted by molar-refractivity contribution is 5.77. The number of carbonyl (C=O) groups is 4. The topological polar surface area (TPSA) is 158 Å². The second-order valence-electron chi connectivity index (χ2n) is 17.7. The van der Waals surface area contributed by atoms with Gasteiger partial charge in [0.2, 0.25) is 0 Å². The van der Waals surface area contributed by atoms with Gasteiger partial charge in [-0.1, -0.05) is 27.7 Å². The first-order valence-corrected chi connectivity index (χ1v) is 19.2. The van der Waals surface area contributed by atoms with Gasteiger partial charge in [0.15, 0.2) is 0 Å². The predicted octanol–water partition coefficient (Wildman–Crippen LogP) is 6.13. The second kappa shape index (κ2) is 27.3. The molecule has 324 valence electrons. The number of hydrogen-bond acceptors (Lipinski definition) is 12. The normalized spacial score (nSPS) is 12.3. The largest absolute Gasteiger partial charge is 0.633 e. The number of ether oxygens (including phenoxy) is 4. The Morgan fingerprint density at radius 1 is 0.444 bits per heavy atom. The van der Waals surface area contributed by atoms with Crippen molar-refractivity contribution in [2.75, 3.05) is 109 Å². The predicted molar refractivity (Wildman–Crippen MR) is 218 cm³/mol. The molecule has 54 heavy (non-hydrogen) atoms. The lowest BCUT2D eigenvalue weighted by Crippen LogP contribution is -2.37. The molecule has 0 aromatic heterocycles. The molecule has 14 nitrogen and oxygen atoms in total. The number of esters is 4. The number of rotatable bonds is 20. The highest BCUT2D eigenvalue weighted by Crippen LogP contribution is 2.23. The molecular weight excluding hydrogens is 696 g/mol. The first-order valence-electron chi connectivity index (χ1n) is 19.2. The Hall–Kier alpha value is -2.36. The van der Waals surface area contributed by atoms with Crippen molar-refractivity contribution in [2.24, 2.45) is 21.7 Å². The van der Waals surface area contributed by atoms with Gasteiger partial charge in [-0.2, -0.15) is 0 Å². The summed E-state index contributed by atoms with van der Waals surface area (Å²) >= 11 is 0. The minimum absolute atomic E-state index is 0.100. The van der Waals surface area contributed by atoms with Crippen LogP contribution in [0.5, 0.6) is 0 Å². The standard InChI is InChI=1S/2C10H21NO3.2C10H21NO2/c2*1-6-10(2,3)9(12)14-8-7-11(4,5)13;2*1-6-10(2,3)9(12)13-8-7-11(4)5/h2*6-8H2,1-5H3;2*6-8H2,1-5H3. The van der Waals surface area contributed by atoms with E-state index in [4.69, 9.17) is 18.9 Å². The lowest BCUT2D eigenvalue weighted by atomic mass is 9.91. The molecule has 0 aromatic carbocycles. The van der Waals surface area contributed by atoms with Crippen LogP contribution in [0.4, 0.5) is 0 Å². The van der Waals surface area contributed by atoms with E-state index in [0.29, 0.717) is 26.3 Å². The molecular formula is C40H84N4O10. The Balaban J connectivity index is -0.000000309. The molecule has 0 spiro atoms. The molecule has 0 aliphatic heterocycles.